The summed E-state index contributed by atoms with van der Waals surface area (Å²) < 4.78 is 18.9. The predicted molar refractivity (Wildman–Crippen MR) is 53.8 cm³/mol. The molecule has 2 rings (SSSR count). The highest BCUT2D eigenvalue weighted by molar-refractivity contribution is 5.14. The monoisotopic (exact) mass is 194 g/mol. The van der Waals surface area contributed by atoms with Gasteiger partial charge in [0.05, 0.1) is 6.61 Å². The first-order valence-corrected chi connectivity index (χ1v) is 5.15. The third kappa shape index (κ3) is 2.32. The summed E-state index contributed by atoms with van der Waals surface area (Å²) >= 11 is 0. The van der Waals surface area contributed by atoms with Crippen LogP contribution in [0.15, 0.2) is 30.3 Å². The molecule has 0 amide bonds. The van der Waals surface area contributed by atoms with Crippen LogP contribution in [-0.2, 0) is 11.2 Å². The molecule has 1 atom stereocenters. The zero-order chi connectivity index (χ0) is 9.86. The lowest BCUT2D eigenvalue weighted by molar-refractivity contribution is -0.110. The van der Waals surface area contributed by atoms with E-state index in [1.165, 1.54) is 5.56 Å². The fourth-order valence-corrected chi connectivity index (χ4v) is 1.84. The van der Waals surface area contributed by atoms with Crippen LogP contribution in [0.25, 0.3) is 0 Å². The number of aryl methyl sites for hydroxylation is 1. The molecular weight excluding hydrogens is 179 g/mol. The third-order valence-electron chi connectivity index (χ3n) is 2.69. The molecule has 1 nitrogen and oxygen atoms in total. The number of alkyl halides is 1. The molecule has 0 aromatic heterocycles. The van der Waals surface area contributed by atoms with E-state index in [0.29, 0.717) is 19.4 Å². The summed E-state index contributed by atoms with van der Waals surface area (Å²) in [6.45, 7) is 0.575. The number of benzene rings is 1. The standard InChI is InChI=1S/C12H15FO/c13-12(8-4-10-14-12)9-7-11-5-2-1-3-6-11/h1-3,5-6H,4,7-10H2. The number of rotatable bonds is 3. The van der Waals surface area contributed by atoms with Crippen molar-refractivity contribution < 1.29 is 9.13 Å². The van der Waals surface area contributed by atoms with Gasteiger partial charge >= 0.3 is 0 Å². The Morgan fingerprint density at radius 2 is 2.07 bits per heavy atom. The van der Waals surface area contributed by atoms with Gasteiger partial charge in [-0.05, 0) is 18.4 Å². The highest BCUT2D eigenvalue weighted by atomic mass is 19.2. The van der Waals surface area contributed by atoms with Gasteiger partial charge in [0.25, 0.3) is 0 Å². The van der Waals surface area contributed by atoms with Gasteiger partial charge in [-0.1, -0.05) is 30.3 Å². The van der Waals surface area contributed by atoms with E-state index in [9.17, 15) is 4.39 Å². The molecule has 0 radical (unpaired) electrons. The van der Waals surface area contributed by atoms with E-state index in [4.69, 9.17) is 4.74 Å². The second-order valence-corrected chi connectivity index (χ2v) is 3.82. The van der Waals surface area contributed by atoms with Crippen molar-refractivity contribution in [3.05, 3.63) is 35.9 Å². The molecule has 1 heterocycles. The molecule has 1 aromatic carbocycles. The van der Waals surface area contributed by atoms with Crippen molar-refractivity contribution in [3.63, 3.8) is 0 Å². The Balaban J connectivity index is 1.88. The molecule has 2 heteroatoms. The van der Waals surface area contributed by atoms with Gasteiger partial charge in [0, 0.05) is 12.8 Å². The minimum Gasteiger partial charge on any atom is -0.346 e. The molecule has 0 N–H and O–H groups in total. The Kier molecular flexibility index (Phi) is 2.82. The molecule has 14 heavy (non-hydrogen) atoms. The molecule has 1 aliphatic rings. The zero-order valence-corrected chi connectivity index (χ0v) is 8.21. The molecule has 1 fully saturated rings. The first kappa shape index (κ1) is 9.66. The van der Waals surface area contributed by atoms with Crippen LogP contribution in [-0.4, -0.2) is 12.5 Å². The van der Waals surface area contributed by atoms with Crippen molar-refractivity contribution >= 4 is 0 Å². The molecule has 76 valence electrons. The Bertz CT molecular complexity index is 278. The van der Waals surface area contributed by atoms with Crippen LogP contribution < -0.4 is 0 Å². The van der Waals surface area contributed by atoms with Crippen molar-refractivity contribution in [3.8, 4) is 0 Å². The molecule has 1 aromatic rings. The zero-order valence-electron chi connectivity index (χ0n) is 8.21. The van der Waals surface area contributed by atoms with Gasteiger partial charge < -0.3 is 4.74 Å². The van der Waals surface area contributed by atoms with E-state index in [2.05, 4.69) is 0 Å². The largest absolute Gasteiger partial charge is 0.346 e. The molecule has 0 aliphatic carbocycles. The smallest absolute Gasteiger partial charge is 0.209 e. The number of hydrogen-bond donors (Lipinski definition) is 0. The second-order valence-electron chi connectivity index (χ2n) is 3.82. The maximum absolute atomic E-state index is 13.8. The van der Waals surface area contributed by atoms with Crippen molar-refractivity contribution in [2.75, 3.05) is 6.61 Å². The summed E-state index contributed by atoms with van der Waals surface area (Å²) in [5.74, 6) is -1.35. The second kappa shape index (κ2) is 4.09. The minimum atomic E-state index is -1.35. The number of hydrogen-bond acceptors (Lipinski definition) is 1. The van der Waals surface area contributed by atoms with Crippen LogP contribution in [0.4, 0.5) is 4.39 Å². The summed E-state index contributed by atoms with van der Waals surface area (Å²) in [4.78, 5) is 0. The summed E-state index contributed by atoms with van der Waals surface area (Å²) in [5.41, 5.74) is 1.18. The van der Waals surface area contributed by atoms with Crippen LogP contribution >= 0.6 is 0 Å². The summed E-state index contributed by atoms with van der Waals surface area (Å²) in [7, 11) is 0. The van der Waals surface area contributed by atoms with Gasteiger partial charge in [-0.25, -0.2) is 4.39 Å². The Labute approximate surface area is 83.9 Å². The topological polar surface area (TPSA) is 9.23 Å². The molecule has 1 saturated heterocycles. The Morgan fingerprint density at radius 3 is 2.71 bits per heavy atom. The normalized spacial score (nSPS) is 26.6. The minimum absolute atomic E-state index is 0.483. The fourth-order valence-electron chi connectivity index (χ4n) is 1.84. The maximum atomic E-state index is 13.8. The quantitative estimate of drug-likeness (QED) is 0.718. The van der Waals surface area contributed by atoms with Gasteiger partial charge in [0.1, 0.15) is 0 Å². The van der Waals surface area contributed by atoms with Crippen molar-refractivity contribution in [1.29, 1.82) is 0 Å². The van der Waals surface area contributed by atoms with E-state index < -0.39 is 5.85 Å². The average molecular weight is 194 g/mol. The van der Waals surface area contributed by atoms with Gasteiger partial charge in [-0.15, -0.1) is 0 Å². The van der Waals surface area contributed by atoms with Gasteiger partial charge in [-0.3, -0.25) is 0 Å². The predicted octanol–water partition coefficient (Wildman–Crippen LogP) is 3.10. The maximum Gasteiger partial charge on any atom is 0.209 e. The fraction of sp³-hybridized carbons (Fsp3) is 0.500. The molecule has 1 unspecified atom stereocenters. The van der Waals surface area contributed by atoms with Crippen LogP contribution in [0, 0.1) is 0 Å². The van der Waals surface area contributed by atoms with E-state index in [-0.39, 0.29) is 0 Å². The molecule has 0 saturated carbocycles. The summed E-state index contributed by atoms with van der Waals surface area (Å²) in [6, 6.07) is 9.99. The highest BCUT2D eigenvalue weighted by Crippen LogP contribution is 2.31. The van der Waals surface area contributed by atoms with E-state index >= 15 is 0 Å². The lowest BCUT2D eigenvalue weighted by Crippen LogP contribution is -2.21. The average Bonchev–Trinajstić information content (AvgIpc) is 2.65. The lowest BCUT2D eigenvalue weighted by Gasteiger charge is -2.18. The summed E-state index contributed by atoms with van der Waals surface area (Å²) in [5, 5.41) is 0. The number of halogens is 1. The molecule has 0 spiro atoms. The van der Waals surface area contributed by atoms with Crippen LogP contribution in [0.2, 0.25) is 0 Å². The SMILES string of the molecule is FC1(CCc2ccccc2)CCCO1. The molecule has 1 aliphatic heterocycles. The number of ether oxygens (including phenoxy) is 1. The van der Waals surface area contributed by atoms with Crippen LogP contribution in [0.1, 0.15) is 24.8 Å². The third-order valence-corrected chi connectivity index (χ3v) is 2.69. The van der Waals surface area contributed by atoms with Crippen molar-refractivity contribution in [2.45, 2.75) is 31.5 Å². The Hall–Kier alpha value is -0.890. The van der Waals surface area contributed by atoms with Crippen LogP contribution in [0.5, 0.6) is 0 Å². The first-order chi connectivity index (χ1) is 6.79. The molecular formula is C12H15FO. The first-order valence-electron chi connectivity index (χ1n) is 5.15. The lowest BCUT2D eigenvalue weighted by atomic mass is 10.0. The summed E-state index contributed by atoms with van der Waals surface area (Å²) in [6.07, 6.45) is 2.65. The van der Waals surface area contributed by atoms with E-state index in [1.54, 1.807) is 0 Å². The van der Waals surface area contributed by atoms with Gasteiger partial charge in [-0.2, -0.15) is 0 Å². The Morgan fingerprint density at radius 1 is 1.29 bits per heavy atom. The van der Waals surface area contributed by atoms with Crippen LogP contribution in [0.3, 0.4) is 0 Å². The molecule has 0 bridgehead atoms. The van der Waals surface area contributed by atoms with E-state index in [1.807, 2.05) is 30.3 Å². The van der Waals surface area contributed by atoms with Gasteiger partial charge in [0.2, 0.25) is 5.85 Å². The highest BCUT2D eigenvalue weighted by Gasteiger charge is 2.34. The van der Waals surface area contributed by atoms with E-state index in [0.717, 1.165) is 12.8 Å². The van der Waals surface area contributed by atoms with Crippen molar-refractivity contribution in [2.24, 2.45) is 0 Å². The van der Waals surface area contributed by atoms with Crippen molar-refractivity contribution in [1.82, 2.24) is 0 Å². The van der Waals surface area contributed by atoms with Gasteiger partial charge in [0.15, 0.2) is 0 Å².